The number of nitrogens with zero attached hydrogens (tertiary/aromatic N) is 1. The van der Waals surface area contributed by atoms with Gasteiger partial charge in [0.15, 0.2) is 0 Å². The highest BCUT2D eigenvalue weighted by molar-refractivity contribution is 5.92. The van der Waals surface area contributed by atoms with Crippen LogP contribution in [-0.4, -0.2) is 29.0 Å². The molecule has 1 heterocycles. The van der Waals surface area contributed by atoms with Crippen molar-refractivity contribution in [1.29, 1.82) is 0 Å². The highest BCUT2D eigenvalue weighted by atomic mass is 16.3. The van der Waals surface area contributed by atoms with Crippen molar-refractivity contribution in [2.75, 3.05) is 13.1 Å². The Kier molecular flexibility index (Phi) is 5.57. The van der Waals surface area contributed by atoms with Gasteiger partial charge in [-0.25, -0.2) is 0 Å². The molecule has 0 aliphatic carbocycles. The first-order valence-electron chi connectivity index (χ1n) is 7.82. The molecule has 1 aliphatic heterocycles. The molecular formula is C18H25NO2. The molecule has 3 nitrogen and oxygen atoms in total. The van der Waals surface area contributed by atoms with Gasteiger partial charge in [-0.15, -0.1) is 0 Å². The first-order valence-corrected chi connectivity index (χ1v) is 7.82. The van der Waals surface area contributed by atoms with Crippen LogP contribution in [0.3, 0.4) is 0 Å². The van der Waals surface area contributed by atoms with Crippen molar-refractivity contribution < 1.29 is 9.90 Å². The Balaban J connectivity index is 1.91. The molecule has 1 N–H and O–H groups in total. The number of carbonyl (C=O) groups excluding carboxylic acids is 1. The number of carbonyl (C=O) groups is 1. The molecule has 1 amide bonds. The van der Waals surface area contributed by atoms with Gasteiger partial charge in [0.2, 0.25) is 5.91 Å². The molecule has 0 bridgehead atoms. The number of aliphatic hydroxyl groups is 1. The molecule has 2 rings (SSSR count). The van der Waals surface area contributed by atoms with Crippen molar-refractivity contribution in [1.82, 2.24) is 4.90 Å². The number of piperidine rings is 1. The first kappa shape index (κ1) is 15.8. The van der Waals surface area contributed by atoms with Gasteiger partial charge in [0.05, 0.1) is 6.10 Å². The predicted molar refractivity (Wildman–Crippen MR) is 84.8 cm³/mol. The molecule has 1 saturated heterocycles. The number of amides is 1. The van der Waals surface area contributed by atoms with Crippen molar-refractivity contribution in [2.45, 2.75) is 39.2 Å². The second-order valence-electron chi connectivity index (χ2n) is 5.78. The number of benzene rings is 1. The van der Waals surface area contributed by atoms with Crippen molar-refractivity contribution in [3.63, 3.8) is 0 Å². The Morgan fingerprint density at radius 3 is 2.52 bits per heavy atom. The third kappa shape index (κ3) is 3.94. The van der Waals surface area contributed by atoms with E-state index in [1.54, 1.807) is 0 Å². The second kappa shape index (κ2) is 7.41. The average Bonchev–Trinajstić information content (AvgIpc) is 2.54. The largest absolute Gasteiger partial charge is 0.388 e. The van der Waals surface area contributed by atoms with E-state index in [0.717, 1.165) is 43.5 Å². The minimum absolute atomic E-state index is 0.143. The maximum Gasteiger partial charge on any atom is 0.249 e. The van der Waals surface area contributed by atoms with E-state index in [4.69, 9.17) is 0 Å². The fourth-order valence-corrected chi connectivity index (χ4v) is 2.98. The Hall–Kier alpha value is -1.61. The number of allylic oxidation sites excluding steroid dienone is 1. The Morgan fingerprint density at radius 2 is 1.95 bits per heavy atom. The zero-order valence-electron chi connectivity index (χ0n) is 13.0. The number of hydrogen-bond acceptors (Lipinski definition) is 2. The maximum atomic E-state index is 12.2. The SMILES string of the molecule is CCC=C(C)C(=O)N1CCC(C(O)c2ccccc2)CC1. The first-order chi connectivity index (χ1) is 10.1. The molecule has 3 heteroatoms. The van der Waals surface area contributed by atoms with Gasteiger partial charge in [0.1, 0.15) is 0 Å². The van der Waals surface area contributed by atoms with Crippen LogP contribution in [0.5, 0.6) is 0 Å². The fourth-order valence-electron chi connectivity index (χ4n) is 2.98. The summed E-state index contributed by atoms with van der Waals surface area (Å²) < 4.78 is 0. The van der Waals surface area contributed by atoms with Gasteiger partial charge in [0, 0.05) is 18.7 Å². The molecule has 0 radical (unpaired) electrons. The molecule has 21 heavy (non-hydrogen) atoms. The van der Waals surface area contributed by atoms with Gasteiger partial charge in [-0.3, -0.25) is 4.79 Å². The van der Waals surface area contributed by atoms with Crippen molar-refractivity contribution in [2.24, 2.45) is 5.92 Å². The van der Waals surface area contributed by atoms with Gasteiger partial charge in [0.25, 0.3) is 0 Å². The molecule has 1 fully saturated rings. The summed E-state index contributed by atoms with van der Waals surface area (Å²) in [5, 5.41) is 10.4. The summed E-state index contributed by atoms with van der Waals surface area (Å²) in [5.41, 5.74) is 1.81. The third-order valence-electron chi connectivity index (χ3n) is 4.26. The average molecular weight is 287 g/mol. The lowest BCUT2D eigenvalue weighted by Crippen LogP contribution is -2.40. The van der Waals surface area contributed by atoms with Gasteiger partial charge >= 0.3 is 0 Å². The summed E-state index contributed by atoms with van der Waals surface area (Å²) in [7, 11) is 0. The molecule has 1 aromatic rings. The number of hydrogen-bond donors (Lipinski definition) is 1. The van der Waals surface area contributed by atoms with Crippen molar-refractivity contribution in [3.05, 3.63) is 47.5 Å². The molecule has 114 valence electrons. The summed E-state index contributed by atoms with van der Waals surface area (Å²) in [4.78, 5) is 14.1. The monoisotopic (exact) mass is 287 g/mol. The van der Waals surface area contributed by atoms with Crippen LogP contribution >= 0.6 is 0 Å². The molecule has 1 atom stereocenters. The van der Waals surface area contributed by atoms with E-state index in [1.807, 2.05) is 55.2 Å². The Morgan fingerprint density at radius 1 is 1.33 bits per heavy atom. The van der Waals surface area contributed by atoms with Gasteiger partial charge in [-0.1, -0.05) is 43.3 Å². The number of aliphatic hydroxyl groups excluding tert-OH is 1. The van der Waals surface area contributed by atoms with Crippen LogP contribution in [0.15, 0.2) is 42.0 Å². The Labute approximate surface area is 127 Å². The van der Waals surface area contributed by atoms with E-state index in [9.17, 15) is 9.90 Å². The molecule has 0 saturated carbocycles. The van der Waals surface area contributed by atoms with E-state index in [-0.39, 0.29) is 11.8 Å². The minimum Gasteiger partial charge on any atom is -0.388 e. The highest BCUT2D eigenvalue weighted by Gasteiger charge is 2.28. The van der Waals surface area contributed by atoms with E-state index in [0.29, 0.717) is 0 Å². The smallest absolute Gasteiger partial charge is 0.249 e. The summed E-state index contributed by atoms with van der Waals surface area (Å²) in [6.45, 7) is 5.40. The third-order valence-corrected chi connectivity index (χ3v) is 4.26. The number of rotatable bonds is 4. The van der Waals surface area contributed by atoms with Gasteiger partial charge in [-0.05, 0) is 37.7 Å². The van der Waals surface area contributed by atoms with E-state index < -0.39 is 6.10 Å². The summed E-state index contributed by atoms with van der Waals surface area (Å²) in [6.07, 6.45) is 4.17. The lowest BCUT2D eigenvalue weighted by molar-refractivity contribution is -0.129. The van der Waals surface area contributed by atoms with Gasteiger partial charge < -0.3 is 10.0 Å². The van der Waals surface area contributed by atoms with Crippen LogP contribution in [-0.2, 0) is 4.79 Å². The lowest BCUT2D eigenvalue weighted by Gasteiger charge is -2.34. The standard InChI is InChI=1S/C18H25NO2/c1-3-7-14(2)18(21)19-12-10-16(11-13-19)17(20)15-8-5-4-6-9-15/h4-9,16-17,20H,3,10-13H2,1-2H3. The summed E-state index contributed by atoms with van der Waals surface area (Å²) >= 11 is 0. The van der Waals surface area contributed by atoms with Crippen LogP contribution in [0.1, 0.15) is 44.8 Å². The van der Waals surface area contributed by atoms with Crippen molar-refractivity contribution in [3.8, 4) is 0 Å². The zero-order chi connectivity index (χ0) is 15.2. The molecule has 1 aliphatic rings. The molecular weight excluding hydrogens is 262 g/mol. The molecule has 1 unspecified atom stereocenters. The minimum atomic E-state index is -0.421. The van der Waals surface area contributed by atoms with Crippen LogP contribution in [0.4, 0.5) is 0 Å². The second-order valence-corrected chi connectivity index (χ2v) is 5.78. The van der Waals surface area contributed by atoms with E-state index >= 15 is 0 Å². The van der Waals surface area contributed by atoms with Crippen LogP contribution < -0.4 is 0 Å². The normalized spacial score (nSPS) is 18.6. The molecule has 0 aromatic heterocycles. The lowest BCUT2D eigenvalue weighted by atomic mass is 9.87. The van der Waals surface area contributed by atoms with Crippen LogP contribution in [0, 0.1) is 5.92 Å². The Bertz CT molecular complexity index is 487. The highest BCUT2D eigenvalue weighted by Crippen LogP contribution is 2.30. The fraction of sp³-hybridized carbons (Fsp3) is 0.500. The van der Waals surface area contributed by atoms with Crippen LogP contribution in [0.2, 0.25) is 0 Å². The summed E-state index contributed by atoms with van der Waals surface area (Å²) in [6, 6.07) is 9.80. The molecule has 0 spiro atoms. The zero-order valence-corrected chi connectivity index (χ0v) is 13.0. The molecule has 1 aromatic carbocycles. The van der Waals surface area contributed by atoms with Crippen molar-refractivity contribution >= 4 is 5.91 Å². The van der Waals surface area contributed by atoms with Gasteiger partial charge in [-0.2, -0.15) is 0 Å². The summed E-state index contributed by atoms with van der Waals surface area (Å²) in [5.74, 6) is 0.386. The number of likely N-dealkylation sites (tertiary alicyclic amines) is 1. The maximum absolute atomic E-state index is 12.2. The topological polar surface area (TPSA) is 40.5 Å². The van der Waals surface area contributed by atoms with Crippen LogP contribution in [0.25, 0.3) is 0 Å². The predicted octanol–water partition coefficient (Wildman–Crippen LogP) is 3.31. The quantitative estimate of drug-likeness (QED) is 0.863. The van der Waals surface area contributed by atoms with E-state index in [1.165, 1.54) is 0 Å². The van der Waals surface area contributed by atoms with E-state index in [2.05, 4.69) is 0 Å².